The highest BCUT2D eigenvalue weighted by Gasteiger charge is 2.28. The zero-order valence-electron chi connectivity index (χ0n) is 23.9. The molecule has 3 aromatic rings. The summed E-state index contributed by atoms with van der Waals surface area (Å²) >= 11 is 0. The molecular formula is C36H41NO3. The minimum Gasteiger partial charge on any atom is -0.478 e. The summed E-state index contributed by atoms with van der Waals surface area (Å²) in [6, 6.07) is 23.2. The topological polar surface area (TPSA) is 57.6 Å². The highest BCUT2D eigenvalue weighted by atomic mass is 16.4. The Morgan fingerprint density at radius 1 is 0.850 bits per heavy atom. The average Bonchev–Trinajstić information content (AvgIpc) is 3.52. The number of unbranched alkanes of at least 4 members (excludes halogenated alkanes) is 1. The van der Waals surface area contributed by atoms with E-state index < -0.39 is 5.97 Å². The first-order valence-electron chi connectivity index (χ1n) is 14.8. The fraction of sp³-hybridized carbons (Fsp3) is 0.389. The van der Waals surface area contributed by atoms with Crippen LogP contribution in [0.5, 0.6) is 0 Å². The number of carbonyl (C=O) groups excluding carboxylic acids is 1. The van der Waals surface area contributed by atoms with Gasteiger partial charge in [0.25, 0.3) is 0 Å². The van der Waals surface area contributed by atoms with Crippen LogP contribution in [0.4, 0.5) is 5.69 Å². The van der Waals surface area contributed by atoms with Gasteiger partial charge in [0.15, 0.2) is 0 Å². The van der Waals surface area contributed by atoms with Crippen LogP contribution in [0, 0.1) is 23.7 Å². The van der Waals surface area contributed by atoms with Gasteiger partial charge in [-0.25, -0.2) is 4.79 Å². The van der Waals surface area contributed by atoms with Gasteiger partial charge >= 0.3 is 5.97 Å². The molecule has 0 saturated heterocycles. The number of benzene rings is 3. The summed E-state index contributed by atoms with van der Waals surface area (Å²) in [5.74, 6) is 6.63. The fourth-order valence-electron chi connectivity index (χ4n) is 5.67. The van der Waals surface area contributed by atoms with Crippen LogP contribution in [0.25, 0.3) is 0 Å². The number of rotatable bonds is 11. The monoisotopic (exact) mass is 535 g/mol. The van der Waals surface area contributed by atoms with Crippen molar-refractivity contribution in [1.82, 2.24) is 0 Å². The van der Waals surface area contributed by atoms with E-state index in [0.29, 0.717) is 24.8 Å². The normalized spacial score (nSPS) is 13.8. The molecule has 0 aromatic heterocycles. The van der Waals surface area contributed by atoms with Crippen molar-refractivity contribution in [3.8, 4) is 11.8 Å². The van der Waals surface area contributed by atoms with Crippen LogP contribution in [0.2, 0.25) is 0 Å². The fourth-order valence-corrected chi connectivity index (χ4v) is 5.67. The number of carboxylic acids is 1. The zero-order chi connectivity index (χ0) is 28.3. The van der Waals surface area contributed by atoms with Gasteiger partial charge < -0.3 is 10.0 Å². The van der Waals surface area contributed by atoms with E-state index in [1.165, 1.54) is 44.1 Å². The van der Waals surface area contributed by atoms with Gasteiger partial charge in [0.1, 0.15) is 0 Å². The summed E-state index contributed by atoms with van der Waals surface area (Å²) in [5.41, 5.74) is 5.22. The Hall–Kier alpha value is -3.84. The lowest BCUT2D eigenvalue weighted by atomic mass is 9.85. The maximum Gasteiger partial charge on any atom is 0.335 e. The number of hydrogen-bond donors (Lipinski definition) is 1. The van der Waals surface area contributed by atoms with Gasteiger partial charge in [0.05, 0.1) is 12.1 Å². The Kier molecular flexibility index (Phi) is 10.6. The molecule has 1 N–H and O–H groups in total. The number of amides is 1. The molecule has 0 spiro atoms. The third-order valence-electron chi connectivity index (χ3n) is 8.17. The predicted molar refractivity (Wildman–Crippen MR) is 162 cm³/mol. The molecule has 3 aromatic carbocycles. The van der Waals surface area contributed by atoms with E-state index in [2.05, 4.69) is 50.0 Å². The number of carboxylic acid groups (broad SMARTS) is 1. The first kappa shape index (κ1) is 29.2. The quantitative estimate of drug-likeness (QED) is 0.251. The van der Waals surface area contributed by atoms with Crippen LogP contribution >= 0.6 is 0 Å². The largest absolute Gasteiger partial charge is 0.478 e. The molecule has 0 heterocycles. The minimum atomic E-state index is -0.971. The molecule has 1 aliphatic rings. The van der Waals surface area contributed by atoms with Crippen LogP contribution in [0.3, 0.4) is 0 Å². The maximum absolute atomic E-state index is 13.7. The summed E-state index contributed by atoms with van der Waals surface area (Å²) < 4.78 is 0. The lowest BCUT2D eigenvalue weighted by Crippen LogP contribution is -2.33. The lowest BCUT2D eigenvalue weighted by molar-refractivity contribution is -0.120. The van der Waals surface area contributed by atoms with Crippen molar-refractivity contribution in [2.24, 2.45) is 11.8 Å². The zero-order valence-corrected chi connectivity index (χ0v) is 23.9. The molecule has 208 valence electrons. The Morgan fingerprint density at radius 3 is 1.95 bits per heavy atom. The molecule has 1 unspecified atom stereocenters. The Labute approximate surface area is 239 Å². The van der Waals surface area contributed by atoms with E-state index in [-0.39, 0.29) is 11.5 Å². The summed E-state index contributed by atoms with van der Waals surface area (Å²) in [5, 5.41) is 9.32. The predicted octanol–water partition coefficient (Wildman–Crippen LogP) is 8.27. The maximum atomic E-state index is 13.7. The molecule has 0 aliphatic heterocycles. The smallest absolute Gasteiger partial charge is 0.335 e. The molecule has 1 saturated carbocycles. The molecule has 1 amide bonds. The van der Waals surface area contributed by atoms with Crippen LogP contribution < -0.4 is 4.90 Å². The first-order chi connectivity index (χ1) is 19.5. The molecule has 4 rings (SSSR count). The second kappa shape index (κ2) is 14.5. The summed E-state index contributed by atoms with van der Waals surface area (Å²) in [6.45, 7) is 4.82. The second-order valence-electron chi connectivity index (χ2n) is 11.0. The van der Waals surface area contributed by atoms with E-state index in [0.717, 1.165) is 35.2 Å². The van der Waals surface area contributed by atoms with Crippen LogP contribution in [-0.4, -0.2) is 17.0 Å². The molecule has 1 fully saturated rings. The van der Waals surface area contributed by atoms with Crippen molar-refractivity contribution in [3.63, 3.8) is 0 Å². The number of nitrogens with zero attached hydrogens (tertiary/aromatic N) is 1. The average molecular weight is 536 g/mol. The highest BCUT2D eigenvalue weighted by Crippen LogP contribution is 2.35. The molecule has 0 radical (unpaired) electrons. The number of aromatic carboxylic acids is 1. The van der Waals surface area contributed by atoms with E-state index in [1.807, 2.05) is 29.2 Å². The molecule has 40 heavy (non-hydrogen) atoms. The van der Waals surface area contributed by atoms with Gasteiger partial charge in [0.2, 0.25) is 5.91 Å². The van der Waals surface area contributed by atoms with Crippen molar-refractivity contribution >= 4 is 17.6 Å². The highest BCUT2D eigenvalue weighted by molar-refractivity contribution is 5.94. The number of anilines is 1. The van der Waals surface area contributed by atoms with E-state index in [9.17, 15) is 14.7 Å². The van der Waals surface area contributed by atoms with Gasteiger partial charge in [-0.15, -0.1) is 0 Å². The van der Waals surface area contributed by atoms with Crippen LogP contribution in [0.1, 0.15) is 97.8 Å². The second-order valence-corrected chi connectivity index (χ2v) is 11.0. The Bertz CT molecular complexity index is 1310. The lowest BCUT2D eigenvalue weighted by Gasteiger charge is -2.28. The standard InChI is InChI=1S/C36H41NO3/c1-3-5-8-27-11-13-28(14-12-27)15-16-29-17-19-30(20-18-29)26-37(34-23-21-33(22-24-34)36(39)40)35(38)25-31(4-2)32-9-6-7-10-32/h11-14,17-24,31-32H,3-10,25-26H2,1-2H3,(H,39,40). The molecule has 1 aliphatic carbocycles. The molecule has 4 heteroatoms. The van der Waals surface area contributed by atoms with Crippen LogP contribution in [-0.2, 0) is 17.8 Å². The van der Waals surface area contributed by atoms with Gasteiger partial charge in [-0.1, -0.05) is 88.5 Å². The van der Waals surface area contributed by atoms with Crippen molar-refractivity contribution in [1.29, 1.82) is 0 Å². The molecular weight excluding hydrogens is 494 g/mol. The van der Waals surface area contributed by atoms with Crippen molar-refractivity contribution in [2.45, 2.75) is 78.2 Å². The molecule has 0 bridgehead atoms. The SMILES string of the molecule is CCCCc1ccc(C#Cc2ccc(CN(C(=O)CC(CC)C3CCCC3)c3ccc(C(=O)O)cc3)cc2)cc1. The summed E-state index contributed by atoms with van der Waals surface area (Å²) in [6.07, 6.45) is 9.96. The van der Waals surface area contributed by atoms with E-state index in [4.69, 9.17) is 0 Å². The van der Waals surface area contributed by atoms with E-state index >= 15 is 0 Å². The van der Waals surface area contributed by atoms with Gasteiger partial charge in [0, 0.05) is 23.2 Å². The third-order valence-corrected chi connectivity index (χ3v) is 8.17. The Balaban J connectivity index is 1.48. The minimum absolute atomic E-state index is 0.0908. The van der Waals surface area contributed by atoms with E-state index in [1.54, 1.807) is 24.3 Å². The number of carbonyl (C=O) groups is 2. The molecule has 1 atom stereocenters. The van der Waals surface area contributed by atoms with Gasteiger partial charge in [-0.2, -0.15) is 0 Å². The van der Waals surface area contributed by atoms with Gasteiger partial charge in [-0.3, -0.25) is 4.79 Å². The molecule has 4 nitrogen and oxygen atoms in total. The summed E-state index contributed by atoms with van der Waals surface area (Å²) in [7, 11) is 0. The first-order valence-corrected chi connectivity index (χ1v) is 14.8. The Morgan fingerprint density at radius 2 is 1.43 bits per heavy atom. The van der Waals surface area contributed by atoms with Crippen LogP contribution in [0.15, 0.2) is 72.8 Å². The number of hydrogen-bond acceptors (Lipinski definition) is 2. The van der Waals surface area contributed by atoms with Crippen molar-refractivity contribution in [2.75, 3.05) is 4.90 Å². The van der Waals surface area contributed by atoms with Crippen molar-refractivity contribution < 1.29 is 14.7 Å². The summed E-state index contributed by atoms with van der Waals surface area (Å²) in [4.78, 5) is 26.9. The van der Waals surface area contributed by atoms with Crippen molar-refractivity contribution in [3.05, 3.63) is 101 Å². The number of aryl methyl sites for hydroxylation is 1. The third kappa shape index (κ3) is 8.09. The van der Waals surface area contributed by atoms with Gasteiger partial charge in [-0.05, 0) is 84.3 Å².